The van der Waals surface area contributed by atoms with Crippen LogP contribution in [0.1, 0.15) is 10.4 Å². The van der Waals surface area contributed by atoms with Gasteiger partial charge in [-0.1, -0.05) is 35.3 Å². The Balaban J connectivity index is 1.44. The van der Waals surface area contributed by atoms with Gasteiger partial charge in [0.1, 0.15) is 11.8 Å². The lowest BCUT2D eigenvalue weighted by molar-refractivity contribution is 0.149. The van der Waals surface area contributed by atoms with Gasteiger partial charge < -0.3 is 15.0 Å². The van der Waals surface area contributed by atoms with Crippen molar-refractivity contribution in [2.24, 2.45) is 0 Å². The highest BCUT2D eigenvalue weighted by atomic mass is 35.5. The molecule has 1 saturated heterocycles. The Hall–Kier alpha value is -2.86. The molecule has 1 aliphatic heterocycles. The molecular formula is C27H25Cl2N5OS. The van der Waals surface area contributed by atoms with Crippen molar-refractivity contribution in [3.05, 3.63) is 69.1 Å². The Morgan fingerprint density at radius 3 is 2.64 bits per heavy atom. The van der Waals surface area contributed by atoms with E-state index in [2.05, 4.69) is 57.5 Å². The molecule has 9 heteroatoms. The first-order valence-electron chi connectivity index (χ1n) is 11.6. The molecule has 3 heterocycles. The topological polar surface area (TPSA) is 64.4 Å². The predicted molar refractivity (Wildman–Crippen MR) is 149 cm³/mol. The number of ether oxygens (including phenoxy) is 1. The van der Waals surface area contributed by atoms with Crippen molar-refractivity contribution in [3.63, 3.8) is 0 Å². The third-order valence-electron chi connectivity index (χ3n) is 6.41. The number of nitrogens with one attached hydrogen (secondary N) is 1. The normalized spacial score (nSPS) is 14.6. The van der Waals surface area contributed by atoms with E-state index in [1.54, 1.807) is 25.4 Å². The highest BCUT2D eigenvalue weighted by Gasteiger charge is 2.17. The number of aromatic nitrogens is 1. The van der Waals surface area contributed by atoms with Crippen LogP contribution in [-0.2, 0) is 6.54 Å². The standard InChI is InChI=1S/C27H25Cl2N5OS/c1-33-7-9-34(10-8-33)16-19-4-6-26(36-19)17-3-5-20-23(11-17)31-15-18(14-30)27(20)32-24-13-25(35-2)22(29)12-21(24)28/h3-6,11-13,15H,7-10,16H2,1-2H3,(H,31,32). The molecule has 184 valence electrons. The van der Waals surface area contributed by atoms with Gasteiger partial charge in [-0.05, 0) is 36.9 Å². The minimum absolute atomic E-state index is 0.417. The van der Waals surface area contributed by atoms with Crippen molar-refractivity contribution < 1.29 is 4.74 Å². The second-order valence-electron chi connectivity index (χ2n) is 8.83. The number of hydrogen-bond donors (Lipinski definition) is 1. The lowest BCUT2D eigenvalue weighted by Crippen LogP contribution is -2.43. The zero-order chi connectivity index (χ0) is 25.2. The average Bonchev–Trinajstić information content (AvgIpc) is 3.35. The van der Waals surface area contributed by atoms with Gasteiger partial charge in [-0.3, -0.25) is 9.88 Å². The number of nitriles is 1. The van der Waals surface area contributed by atoms with Crippen LogP contribution in [0.25, 0.3) is 21.3 Å². The minimum Gasteiger partial charge on any atom is -0.495 e. The molecule has 0 spiro atoms. The summed E-state index contributed by atoms with van der Waals surface area (Å²) < 4.78 is 5.33. The summed E-state index contributed by atoms with van der Waals surface area (Å²) in [7, 11) is 3.72. The molecule has 0 atom stereocenters. The van der Waals surface area contributed by atoms with Crippen molar-refractivity contribution in [3.8, 4) is 22.3 Å². The van der Waals surface area contributed by atoms with E-state index in [1.807, 2.05) is 17.4 Å². The Labute approximate surface area is 224 Å². The third-order valence-corrected chi connectivity index (χ3v) is 8.14. The number of benzene rings is 2. The number of nitrogens with zero attached hydrogens (tertiary/aromatic N) is 4. The lowest BCUT2D eigenvalue weighted by Gasteiger charge is -2.31. The van der Waals surface area contributed by atoms with Gasteiger partial charge in [0.25, 0.3) is 0 Å². The molecule has 6 nitrogen and oxygen atoms in total. The summed E-state index contributed by atoms with van der Waals surface area (Å²) in [6, 6.07) is 16.1. The third kappa shape index (κ3) is 5.15. The van der Waals surface area contributed by atoms with Gasteiger partial charge in [0.2, 0.25) is 0 Å². The molecule has 4 aromatic rings. The summed E-state index contributed by atoms with van der Waals surface area (Å²) in [5.74, 6) is 0.493. The average molecular weight is 539 g/mol. The number of anilines is 2. The SMILES string of the molecule is COc1cc(Nc2c(C#N)cnc3cc(-c4ccc(CN5CCN(C)CC5)s4)ccc23)c(Cl)cc1Cl. The Morgan fingerprint density at radius 2 is 1.89 bits per heavy atom. The molecule has 1 N–H and O–H groups in total. The summed E-state index contributed by atoms with van der Waals surface area (Å²) in [6.45, 7) is 5.41. The van der Waals surface area contributed by atoms with Crippen LogP contribution in [0.2, 0.25) is 10.0 Å². The fourth-order valence-electron chi connectivity index (χ4n) is 4.33. The molecule has 5 rings (SSSR count). The number of piperazine rings is 1. The number of pyridine rings is 1. The molecule has 0 saturated carbocycles. The molecule has 0 aliphatic carbocycles. The van der Waals surface area contributed by atoms with Gasteiger partial charge in [-0.2, -0.15) is 5.26 Å². The van der Waals surface area contributed by atoms with Gasteiger partial charge in [0.05, 0.1) is 39.6 Å². The summed E-state index contributed by atoms with van der Waals surface area (Å²) in [4.78, 5) is 12.0. The quantitative estimate of drug-likeness (QED) is 0.297. The molecule has 0 amide bonds. The largest absolute Gasteiger partial charge is 0.495 e. The molecule has 0 bridgehead atoms. The van der Waals surface area contributed by atoms with Crippen LogP contribution < -0.4 is 10.1 Å². The zero-order valence-electron chi connectivity index (χ0n) is 20.0. The van der Waals surface area contributed by atoms with Crippen LogP contribution in [0.4, 0.5) is 11.4 Å². The van der Waals surface area contributed by atoms with Crippen LogP contribution in [0.15, 0.2) is 48.7 Å². The second kappa shape index (κ2) is 10.6. The smallest absolute Gasteiger partial charge is 0.139 e. The number of likely N-dealkylation sites (N-methyl/N-ethyl adjacent to an activating group) is 1. The van der Waals surface area contributed by atoms with Crippen molar-refractivity contribution >= 4 is 56.8 Å². The molecule has 1 fully saturated rings. The van der Waals surface area contributed by atoms with E-state index in [0.717, 1.165) is 49.2 Å². The minimum atomic E-state index is 0.417. The highest BCUT2D eigenvalue weighted by molar-refractivity contribution is 7.15. The summed E-state index contributed by atoms with van der Waals surface area (Å²) in [5.41, 5.74) is 3.55. The first-order chi connectivity index (χ1) is 17.4. The van der Waals surface area contributed by atoms with Crippen LogP contribution in [0.5, 0.6) is 5.75 Å². The monoisotopic (exact) mass is 537 g/mol. The molecule has 2 aromatic heterocycles. The highest BCUT2D eigenvalue weighted by Crippen LogP contribution is 2.39. The first kappa shape index (κ1) is 24.8. The maximum absolute atomic E-state index is 9.74. The molecule has 0 unspecified atom stereocenters. The van der Waals surface area contributed by atoms with Crippen molar-refractivity contribution in [1.82, 2.24) is 14.8 Å². The Morgan fingerprint density at radius 1 is 1.08 bits per heavy atom. The van der Waals surface area contributed by atoms with Gasteiger partial charge in [0.15, 0.2) is 0 Å². The van der Waals surface area contributed by atoms with Crippen molar-refractivity contribution in [2.75, 3.05) is 45.7 Å². The molecule has 2 aromatic carbocycles. The van der Waals surface area contributed by atoms with Crippen molar-refractivity contribution in [2.45, 2.75) is 6.54 Å². The van der Waals surface area contributed by atoms with E-state index in [9.17, 15) is 5.26 Å². The fourth-order valence-corrected chi connectivity index (χ4v) is 5.88. The molecule has 0 radical (unpaired) electrons. The first-order valence-corrected chi connectivity index (χ1v) is 13.2. The molecular weight excluding hydrogens is 513 g/mol. The second-order valence-corrected chi connectivity index (χ2v) is 10.8. The van der Waals surface area contributed by atoms with E-state index in [0.29, 0.717) is 32.7 Å². The van der Waals surface area contributed by atoms with Gasteiger partial charge in [0, 0.05) is 60.1 Å². The summed E-state index contributed by atoms with van der Waals surface area (Å²) in [6.07, 6.45) is 1.59. The summed E-state index contributed by atoms with van der Waals surface area (Å²) in [5, 5.41) is 14.7. The van der Waals surface area contributed by atoms with Crippen LogP contribution >= 0.6 is 34.5 Å². The maximum Gasteiger partial charge on any atom is 0.139 e. The predicted octanol–water partition coefficient (Wildman–Crippen LogP) is 6.64. The van der Waals surface area contributed by atoms with Crippen LogP contribution in [0.3, 0.4) is 0 Å². The van der Waals surface area contributed by atoms with E-state index in [-0.39, 0.29) is 0 Å². The van der Waals surface area contributed by atoms with E-state index >= 15 is 0 Å². The van der Waals surface area contributed by atoms with Gasteiger partial charge in [-0.15, -0.1) is 11.3 Å². The van der Waals surface area contributed by atoms with E-state index in [1.165, 1.54) is 9.75 Å². The number of thiophene rings is 1. The van der Waals surface area contributed by atoms with Crippen LogP contribution in [-0.4, -0.2) is 55.1 Å². The lowest BCUT2D eigenvalue weighted by atomic mass is 10.1. The maximum atomic E-state index is 9.74. The number of halogens is 2. The van der Waals surface area contributed by atoms with E-state index in [4.69, 9.17) is 27.9 Å². The fraction of sp³-hybridized carbons (Fsp3) is 0.259. The van der Waals surface area contributed by atoms with E-state index < -0.39 is 0 Å². The van der Waals surface area contributed by atoms with Gasteiger partial charge >= 0.3 is 0 Å². The number of rotatable bonds is 6. The molecule has 36 heavy (non-hydrogen) atoms. The zero-order valence-corrected chi connectivity index (χ0v) is 22.3. The van der Waals surface area contributed by atoms with Crippen LogP contribution in [0, 0.1) is 11.3 Å². The number of fused-ring (bicyclic) bond motifs is 1. The van der Waals surface area contributed by atoms with Gasteiger partial charge in [-0.25, -0.2) is 0 Å². The molecule has 1 aliphatic rings. The Bertz CT molecular complexity index is 1460. The number of hydrogen-bond acceptors (Lipinski definition) is 7. The van der Waals surface area contributed by atoms with Crippen molar-refractivity contribution in [1.29, 1.82) is 5.26 Å². The Kier molecular flexibility index (Phi) is 7.33. The summed E-state index contributed by atoms with van der Waals surface area (Å²) >= 11 is 14.4. The number of methoxy groups -OCH3 is 1.